The third-order valence-electron chi connectivity index (χ3n) is 2.71. The number of nitrogens with zero attached hydrogens (tertiary/aromatic N) is 1. The quantitative estimate of drug-likeness (QED) is 0.829. The Morgan fingerprint density at radius 1 is 1.44 bits per heavy atom. The summed E-state index contributed by atoms with van der Waals surface area (Å²) in [5.41, 5.74) is -2.09. The first kappa shape index (κ1) is 15.4. The smallest absolute Gasteiger partial charge is 0.410 e. The van der Waals surface area contributed by atoms with Crippen molar-refractivity contribution in [2.24, 2.45) is 5.14 Å². The van der Waals surface area contributed by atoms with Crippen LogP contribution in [0.2, 0.25) is 0 Å². The van der Waals surface area contributed by atoms with Crippen LogP contribution in [0.5, 0.6) is 0 Å². The number of carbonyl (C=O) groups excluding carboxylic acids is 1. The predicted octanol–water partition coefficient (Wildman–Crippen LogP) is 1.35. The van der Waals surface area contributed by atoms with Gasteiger partial charge in [0.15, 0.2) is 0 Å². The van der Waals surface area contributed by atoms with E-state index in [4.69, 9.17) is 9.88 Å². The zero-order valence-electron chi connectivity index (χ0n) is 11.1. The molecule has 1 fully saturated rings. The average molecular weight is 280 g/mol. The van der Waals surface area contributed by atoms with Crippen LogP contribution in [0.25, 0.3) is 0 Å². The number of ether oxygens (including phenoxy) is 1. The number of piperidine rings is 1. The second-order valence-electron chi connectivity index (χ2n) is 5.64. The normalized spacial score (nSPS) is 21.5. The number of nitrogens with two attached hydrogens (primary N) is 1. The molecule has 0 radical (unpaired) electrons. The molecule has 1 amide bonds. The van der Waals surface area contributed by atoms with Crippen molar-refractivity contribution in [1.29, 1.82) is 0 Å². The molecule has 1 atom stereocenters. The maximum Gasteiger partial charge on any atom is 0.410 e. The molecule has 1 saturated heterocycles. The molecular weight excluding hydrogens is 259 g/mol. The van der Waals surface area contributed by atoms with Crippen LogP contribution in [-0.2, 0) is 15.7 Å². The lowest BCUT2D eigenvalue weighted by molar-refractivity contribution is 0.00743. The van der Waals surface area contributed by atoms with Crippen molar-refractivity contribution < 1.29 is 18.1 Å². The van der Waals surface area contributed by atoms with E-state index in [0.717, 1.165) is 0 Å². The highest BCUT2D eigenvalue weighted by Crippen LogP contribution is 2.27. The van der Waals surface area contributed by atoms with Crippen molar-refractivity contribution in [3.63, 3.8) is 0 Å². The van der Waals surface area contributed by atoms with Crippen LogP contribution in [0.1, 0.15) is 33.6 Å². The first-order valence-corrected chi connectivity index (χ1v) is 7.29. The Morgan fingerprint density at radius 2 is 1.94 bits per heavy atom. The average Bonchev–Trinajstić information content (AvgIpc) is 2.13. The van der Waals surface area contributed by atoms with Gasteiger partial charge in [0.1, 0.15) is 11.3 Å². The van der Waals surface area contributed by atoms with E-state index in [2.05, 4.69) is 0 Å². The summed E-state index contributed by atoms with van der Waals surface area (Å²) in [5.74, 6) is -0.171. The maximum absolute atomic E-state index is 14.1. The van der Waals surface area contributed by atoms with Gasteiger partial charge < -0.3 is 9.64 Å². The first-order chi connectivity index (χ1) is 8.11. The summed E-state index contributed by atoms with van der Waals surface area (Å²) in [6, 6.07) is 0. The zero-order valence-corrected chi connectivity index (χ0v) is 11.9. The third kappa shape index (κ3) is 4.89. The molecule has 0 aromatic carbocycles. The van der Waals surface area contributed by atoms with Crippen molar-refractivity contribution >= 4 is 17.1 Å². The lowest BCUT2D eigenvalue weighted by Gasteiger charge is -2.36. The molecule has 1 aliphatic rings. The molecule has 0 saturated carbocycles. The number of hydrogen-bond acceptors (Lipinski definition) is 3. The van der Waals surface area contributed by atoms with Crippen LogP contribution in [0.3, 0.4) is 0 Å². The Bertz CT molecular complexity index is 336. The van der Waals surface area contributed by atoms with Crippen LogP contribution >= 0.6 is 0 Å². The summed E-state index contributed by atoms with van der Waals surface area (Å²) in [6.45, 7) is 5.88. The molecule has 5 nitrogen and oxygen atoms in total. The van der Waals surface area contributed by atoms with Gasteiger partial charge in [-0.1, -0.05) is 0 Å². The maximum atomic E-state index is 14.1. The van der Waals surface area contributed by atoms with Gasteiger partial charge in [0.2, 0.25) is 0 Å². The summed E-state index contributed by atoms with van der Waals surface area (Å²) in [4.78, 5) is 13.2. The standard InChI is InChI=1S/C11H21FN2O3S/c1-10(2,3)17-9(15)14-6-4-11(12,5-7-14)8-18(13)16/h4-8,13H2,1-3H3. The van der Waals surface area contributed by atoms with Crippen LogP contribution < -0.4 is 5.14 Å². The number of alkyl halides is 1. The molecule has 0 spiro atoms. The number of halogens is 1. The largest absolute Gasteiger partial charge is 0.444 e. The molecule has 1 aliphatic heterocycles. The van der Waals surface area contributed by atoms with Gasteiger partial charge >= 0.3 is 6.09 Å². The highest BCUT2D eigenvalue weighted by molar-refractivity contribution is 7.82. The molecule has 2 N–H and O–H groups in total. The van der Waals surface area contributed by atoms with E-state index in [1.54, 1.807) is 20.8 Å². The third-order valence-corrected chi connectivity index (χ3v) is 3.51. The molecule has 0 bridgehead atoms. The number of amides is 1. The van der Waals surface area contributed by atoms with Crippen molar-refractivity contribution in [1.82, 2.24) is 4.90 Å². The van der Waals surface area contributed by atoms with Gasteiger partial charge in [-0.05, 0) is 20.8 Å². The SMILES string of the molecule is CC(C)(C)OC(=O)N1CCC(F)(CS(N)=O)CC1. The van der Waals surface area contributed by atoms with Gasteiger partial charge in [-0.15, -0.1) is 0 Å². The summed E-state index contributed by atoms with van der Waals surface area (Å²) < 4.78 is 30.2. The zero-order chi connectivity index (χ0) is 14.0. The van der Waals surface area contributed by atoms with Gasteiger partial charge in [0.25, 0.3) is 0 Å². The Balaban J connectivity index is 2.48. The minimum absolute atomic E-state index is 0.148. The van der Waals surface area contributed by atoms with E-state index in [1.807, 2.05) is 0 Å². The van der Waals surface area contributed by atoms with Crippen molar-refractivity contribution in [3.8, 4) is 0 Å². The lowest BCUT2D eigenvalue weighted by atomic mass is 9.96. The monoisotopic (exact) mass is 280 g/mol. The fraction of sp³-hybridized carbons (Fsp3) is 0.909. The summed E-state index contributed by atoms with van der Waals surface area (Å²) >= 11 is 0. The molecule has 106 valence electrons. The minimum atomic E-state index is -1.65. The number of likely N-dealkylation sites (tertiary alicyclic amines) is 1. The van der Waals surface area contributed by atoms with E-state index in [9.17, 15) is 13.4 Å². The van der Waals surface area contributed by atoms with Crippen molar-refractivity contribution in [3.05, 3.63) is 0 Å². The van der Waals surface area contributed by atoms with Crippen LogP contribution in [0.15, 0.2) is 0 Å². The molecule has 0 aliphatic carbocycles. The Morgan fingerprint density at radius 3 is 2.33 bits per heavy atom. The van der Waals surface area contributed by atoms with E-state index < -0.39 is 28.3 Å². The van der Waals surface area contributed by atoms with Crippen molar-refractivity contribution in [2.75, 3.05) is 18.8 Å². The highest BCUT2D eigenvalue weighted by atomic mass is 32.2. The van der Waals surface area contributed by atoms with Crippen LogP contribution in [0.4, 0.5) is 9.18 Å². The second kappa shape index (κ2) is 5.52. The molecule has 7 heteroatoms. The second-order valence-corrected chi connectivity index (χ2v) is 6.69. The van der Waals surface area contributed by atoms with E-state index in [1.165, 1.54) is 4.90 Å². The summed E-state index contributed by atoms with van der Waals surface area (Å²) in [7, 11) is -1.65. The minimum Gasteiger partial charge on any atom is -0.444 e. The predicted molar refractivity (Wildman–Crippen MR) is 68.1 cm³/mol. The number of carbonyl (C=O) groups is 1. The Hall–Kier alpha value is -0.690. The fourth-order valence-electron chi connectivity index (χ4n) is 1.82. The molecular formula is C11H21FN2O3S. The van der Waals surface area contributed by atoms with Gasteiger partial charge in [-0.25, -0.2) is 13.4 Å². The van der Waals surface area contributed by atoms with E-state index in [0.29, 0.717) is 0 Å². The molecule has 1 rings (SSSR count). The van der Waals surface area contributed by atoms with Gasteiger partial charge in [0.05, 0.1) is 16.7 Å². The van der Waals surface area contributed by atoms with Crippen LogP contribution in [-0.4, -0.2) is 45.3 Å². The Labute approximate surface area is 109 Å². The van der Waals surface area contributed by atoms with E-state index in [-0.39, 0.29) is 31.7 Å². The van der Waals surface area contributed by atoms with Gasteiger partial charge in [0, 0.05) is 25.9 Å². The molecule has 0 aromatic rings. The summed E-state index contributed by atoms with van der Waals surface area (Å²) in [6.07, 6.45) is -0.136. The van der Waals surface area contributed by atoms with Crippen LogP contribution in [0, 0.1) is 0 Å². The number of rotatable bonds is 2. The topological polar surface area (TPSA) is 72.6 Å². The molecule has 0 aromatic heterocycles. The Kier molecular flexibility index (Phi) is 4.72. The summed E-state index contributed by atoms with van der Waals surface area (Å²) in [5, 5.41) is 5.11. The molecule has 18 heavy (non-hydrogen) atoms. The first-order valence-electron chi connectivity index (χ1n) is 5.91. The van der Waals surface area contributed by atoms with Gasteiger partial charge in [-0.3, -0.25) is 5.14 Å². The lowest BCUT2D eigenvalue weighted by Crippen LogP contribution is -2.48. The molecule has 1 heterocycles. The number of hydrogen-bond donors (Lipinski definition) is 1. The van der Waals surface area contributed by atoms with Gasteiger partial charge in [-0.2, -0.15) is 0 Å². The van der Waals surface area contributed by atoms with E-state index >= 15 is 0 Å². The molecule has 1 unspecified atom stereocenters. The highest BCUT2D eigenvalue weighted by Gasteiger charge is 2.38. The van der Waals surface area contributed by atoms with Crippen molar-refractivity contribution in [2.45, 2.75) is 44.9 Å². The fourth-order valence-corrected chi connectivity index (χ4v) is 2.61.